The van der Waals surface area contributed by atoms with Crippen molar-refractivity contribution in [3.8, 4) is 5.75 Å². The first kappa shape index (κ1) is 11.8. The highest BCUT2D eigenvalue weighted by molar-refractivity contribution is 5.37. The molecule has 0 radical (unpaired) electrons. The van der Waals surface area contributed by atoms with E-state index in [0.29, 0.717) is 0 Å². The molecule has 0 aliphatic rings. The Bertz CT molecular complexity index is 267. The van der Waals surface area contributed by atoms with E-state index in [-0.39, 0.29) is 0 Å². The number of methoxy groups -OCH3 is 1. The molecule has 0 atom stereocenters. The second-order valence-corrected chi connectivity index (χ2v) is 3.65. The summed E-state index contributed by atoms with van der Waals surface area (Å²) in [5, 5.41) is 3.33. The molecule has 15 heavy (non-hydrogen) atoms. The average molecular weight is 208 g/mol. The van der Waals surface area contributed by atoms with Crippen LogP contribution in [-0.2, 0) is 0 Å². The smallest absolute Gasteiger partial charge is 0.137 e. The third-order valence-electron chi connectivity index (χ3n) is 2.70. The van der Waals surface area contributed by atoms with Gasteiger partial charge in [0.1, 0.15) is 11.6 Å². The van der Waals surface area contributed by atoms with E-state index in [9.17, 15) is 0 Å². The number of hydrogen-bond acceptors (Lipinski definition) is 3. The van der Waals surface area contributed by atoms with Crippen molar-refractivity contribution in [3.63, 3.8) is 0 Å². The topological polar surface area (TPSA) is 34.1 Å². The van der Waals surface area contributed by atoms with Crippen molar-refractivity contribution in [2.75, 3.05) is 19.0 Å². The Hall–Kier alpha value is -1.25. The zero-order chi connectivity index (χ0) is 11.1. The summed E-state index contributed by atoms with van der Waals surface area (Å²) in [4.78, 5) is 4.25. The molecule has 3 nitrogen and oxygen atoms in total. The molecule has 0 saturated carbocycles. The van der Waals surface area contributed by atoms with E-state index in [1.165, 1.54) is 12.8 Å². The Kier molecular flexibility index (Phi) is 4.95. The standard InChI is InChI=1S/C12H20N2O/c1-4-10(5-2)8-13-12-7-6-11(15-3)9-14-12/h6-7,9-10H,4-5,8H2,1-3H3,(H,13,14). The highest BCUT2D eigenvalue weighted by Gasteiger charge is 2.03. The lowest BCUT2D eigenvalue weighted by Gasteiger charge is -2.13. The molecule has 1 aromatic rings. The second-order valence-electron chi connectivity index (χ2n) is 3.65. The molecule has 1 N–H and O–H groups in total. The summed E-state index contributed by atoms with van der Waals surface area (Å²) in [6, 6.07) is 3.86. The largest absolute Gasteiger partial charge is 0.495 e. The monoisotopic (exact) mass is 208 g/mol. The first-order valence-corrected chi connectivity index (χ1v) is 5.54. The van der Waals surface area contributed by atoms with Gasteiger partial charge >= 0.3 is 0 Å². The van der Waals surface area contributed by atoms with E-state index < -0.39 is 0 Å². The molecule has 0 fully saturated rings. The lowest BCUT2D eigenvalue weighted by atomic mass is 10.0. The van der Waals surface area contributed by atoms with E-state index in [4.69, 9.17) is 4.74 Å². The summed E-state index contributed by atoms with van der Waals surface area (Å²) in [5.74, 6) is 2.44. The highest BCUT2D eigenvalue weighted by Crippen LogP contribution is 2.13. The fourth-order valence-electron chi connectivity index (χ4n) is 1.43. The van der Waals surface area contributed by atoms with Crippen LogP contribution in [0.15, 0.2) is 18.3 Å². The first-order valence-electron chi connectivity index (χ1n) is 5.54. The summed E-state index contributed by atoms with van der Waals surface area (Å²) in [7, 11) is 1.65. The van der Waals surface area contributed by atoms with Crippen LogP contribution in [0.3, 0.4) is 0 Å². The second kappa shape index (κ2) is 6.27. The number of nitrogens with zero attached hydrogens (tertiary/aromatic N) is 1. The minimum Gasteiger partial charge on any atom is -0.495 e. The van der Waals surface area contributed by atoms with E-state index >= 15 is 0 Å². The van der Waals surface area contributed by atoms with E-state index in [1.807, 2.05) is 12.1 Å². The molecule has 1 rings (SSSR count). The van der Waals surface area contributed by atoms with Crippen LogP contribution in [0.1, 0.15) is 26.7 Å². The molecule has 0 aliphatic carbocycles. The van der Waals surface area contributed by atoms with Gasteiger partial charge in [0.15, 0.2) is 0 Å². The van der Waals surface area contributed by atoms with Gasteiger partial charge in [-0.05, 0) is 18.1 Å². The zero-order valence-electron chi connectivity index (χ0n) is 9.79. The molecular weight excluding hydrogens is 188 g/mol. The maximum absolute atomic E-state index is 5.05. The number of ether oxygens (including phenoxy) is 1. The normalized spacial score (nSPS) is 10.4. The molecule has 1 heterocycles. The van der Waals surface area contributed by atoms with Gasteiger partial charge in [0.2, 0.25) is 0 Å². The number of rotatable bonds is 6. The predicted octanol–water partition coefficient (Wildman–Crippen LogP) is 2.94. The molecule has 0 saturated heterocycles. The van der Waals surface area contributed by atoms with Gasteiger partial charge in [0, 0.05) is 6.54 Å². The van der Waals surface area contributed by atoms with Gasteiger partial charge in [-0.25, -0.2) is 4.98 Å². The quantitative estimate of drug-likeness (QED) is 0.780. The Balaban J connectivity index is 2.43. The summed E-state index contributed by atoms with van der Waals surface area (Å²) in [6.45, 7) is 5.43. The average Bonchev–Trinajstić information content (AvgIpc) is 2.31. The van der Waals surface area contributed by atoms with Crippen LogP contribution in [0, 0.1) is 5.92 Å². The SMILES string of the molecule is CCC(CC)CNc1ccc(OC)cn1. The molecule has 0 unspecified atom stereocenters. The Morgan fingerprint density at radius 3 is 2.53 bits per heavy atom. The molecule has 3 heteroatoms. The fraction of sp³-hybridized carbons (Fsp3) is 0.583. The molecule has 0 bridgehead atoms. The van der Waals surface area contributed by atoms with Crippen LogP contribution in [0.2, 0.25) is 0 Å². The fourth-order valence-corrected chi connectivity index (χ4v) is 1.43. The third kappa shape index (κ3) is 3.78. The Morgan fingerprint density at radius 2 is 2.07 bits per heavy atom. The molecule has 1 aromatic heterocycles. The van der Waals surface area contributed by atoms with E-state index in [2.05, 4.69) is 24.1 Å². The number of pyridine rings is 1. The lowest BCUT2D eigenvalue weighted by Crippen LogP contribution is -2.13. The minimum absolute atomic E-state index is 0.730. The van der Waals surface area contributed by atoms with Gasteiger partial charge in [-0.2, -0.15) is 0 Å². The number of aromatic nitrogens is 1. The summed E-state index contributed by atoms with van der Waals surface area (Å²) < 4.78 is 5.05. The summed E-state index contributed by atoms with van der Waals surface area (Å²) in [6.07, 6.45) is 4.15. The molecular formula is C12H20N2O. The lowest BCUT2D eigenvalue weighted by molar-refractivity contribution is 0.413. The predicted molar refractivity (Wildman–Crippen MR) is 63.4 cm³/mol. The first-order chi connectivity index (χ1) is 7.30. The van der Waals surface area contributed by atoms with Crippen LogP contribution in [0.25, 0.3) is 0 Å². The third-order valence-corrected chi connectivity index (χ3v) is 2.70. The summed E-state index contributed by atoms with van der Waals surface area (Å²) >= 11 is 0. The van der Waals surface area contributed by atoms with Crippen LogP contribution >= 0.6 is 0 Å². The van der Waals surface area contributed by atoms with Crippen LogP contribution in [0.5, 0.6) is 5.75 Å². The van der Waals surface area contributed by atoms with Gasteiger partial charge in [0.05, 0.1) is 13.3 Å². The highest BCUT2D eigenvalue weighted by atomic mass is 16.5. The number of anilines is 1. The maximum atomic E-state index is 5.05. The molecule has 84 valence electrons. The van der Waals surface area contributed by atoms with E-state index in [1.54, 1.807) is 13.3 Å². The van der Waals surface area contributed by atoms with Crippen molar-refractivity contribution in [3.05, 3.63) is 18.3 Å². The number of nitrogens with one attached hydrogen (secondary N) is 1. The zero-order valence-corrected chi connectivity index (χ0v) is 9.79. The van der Waals surface area contributed by atoms with Crippen molar-refractivity contribution >= 4 is 5.82 Å². The van der Waals surface area contributed by atoms with Crippen molar-refractivity contribution in [2.24, 2.45) is 5.92 Å². The molecule has 0 amide bonds. The molecule has 0 aromatic carbocycles. The minimum atomic E-state index is 0.730. The Labute approximate surface area is 91.9 Å². The van der Waals surface area contributed by atoms with Crippen LogP contribution < -0.4 is 10.1 Å². The molecule has 0 spiro atoms. The van der Waals surface area contributed by atoms with Crippen molar-refractivity contribution in [1.29, 1.82) is 0 Å². The Morgan fingerprint density at radius 1 is 1.33 bits per heavy atom. The summed E-state index contributed by atoms with van der Waals surface area (Å²) in [5.41, 5.74) is 0. The van der Waals surface area contributed by atoms with Crippen molar-refractivity contribution < 1.29 is 4.74 Å². The van der Waals surface area contributed by atoms with Gasteiger partial charge in [-0.1, -0.05) is 26.7 Å². The van der Waals surface area contributed by atoms with Gasteiger partial charge in [-0.15, -0.1) is 0 Å². The van der Waals surface area contributed by atoms with Crippen LogP contribution in [0.4, 0.5) is 5.82 Å². The van der Waals surface area contributed by atoms with E-state index in [0.717, 1.165) is 24.0 Å². The van der Waals surface area contributed by atoms with Gasteiger partial charge in [-0.3, -0.25) is 0 Å². The van der Waals surface area contributed by atoms with Crippen LogP contribution in [-0.4, -0.2) is 18.6 Å². The van der Waals surface area contributed by atoms with Crippen molar-refractivity contribution in [2.45, 2.75) is 26.7 Å². The van der Waals surface area contributed by atoms with Gasteiger partial charge in [0.25, 0.3) is 0 Å². The van der Waals surface area contributed by atoms with Crippen molar-refractivity contribution in [1.82, 2.24) is 4.98 Å². The number of hydrogen-bond donors (Lipinski definition) is 1. The maximum Gasteiger partial charge on any atom is 0.137 e. The van der Waals surface area contributed by atoms with Gasteiger partial charge < -0.3 is 10.1 Å². The molecule has 0 aliphatic heterocycles.